The van der Waals surface area contributed by atoms with E-state index < -0.39 is 0 Å². The van der Waals surface area contributed by atoms with Crippen molar-refractivity contribution in [2.45, 2.75) is 58.5 Å². The van der Waals surface area contributed by atoms with Gasteiger partial charge in [0.25, 0.3) is 0 Å². The zero-order valence-corrected chi connectivity index (χ0v) is 12.1. The number of carbonyl (C=O) groups excluding carboxylic acids is 1. The first-order valence-electron chi connectivity index (χ1n) is 6.84. The topological polar surface area (TPSA) is 47.6 Å². The van der Waals surface area contributed by atoms with Crippen LogP contribution in [-0.2, 0) is 14.3 Å². The van der Waals surface area contributed by atoms with Crippen LogP contribution in [0.15, 0.2) is 0 Å². The van der Waals surface area contributed by atoms with Crippen molar-refractivity contribution in [3.05, 3.63) is 0 Å². The predicted octanol–water partition coefficient (Wildman–Crippen LogP) is 2.12. The van der Waals surface area contributed by atoms with Crippen LogP contribution in [0.4, 0.5) is 0 Å². The quantitative estimate of drug-likeness (QED) is 0.534. The van der Waals surface area contributed by atoms with Crippen molar-refractivity contribution in [2.75, 3.05) is 20.3 Å². The third kappa shape index (κ3) is 6.97. The number of nitrogens with one attached hydrogen (secondary N) is 1. The first-order chi connectivity index (χ1) is 8.42. The lowest BCUT2D eigenvalue weighted by Crippen LogP contribution is -2.39. The average Bonchev–Trinajstić information content (AvgIpc) is 3.08. The van der Waals surface area contributed by atoms with Crippen LogP contribution < -0.4 is 5.32 Å². The largest absolute Gasteiger partial charge is 0.468 e. The van der Waals surface area contributed by atoms with Gasteiger partial charge < -0.3 is 14.8 Å². The molecule has 0 aromatic rings. The van der Waals surface area contributed by atoms with Crippen LogP contribution >= 0.6 is 0 Å². The Labute approximate surface area is 110 Å². The van der Waals surface area contributed by atoms with Gasteiger partial charge >= 0.3 is 5.97 Å². The molecule has 1 fully saturated rings. The van der Waals surface area contributed by atoms with E-state index in [1.165, 1.54) is 20.0 Å². The summed E-state index contributed by atoms with van der Waals surface area (Å²) in [5.41, 5.74) is 0.300. The Hall–Kier alpha value is -0.610. The summed E-state index contributed by atoms with van der Waals surface area (Å²) in [5, 5.41) is 3.29. The molecule has 0 radical (unpaired) electrons. The second-order valence-electron chi connectivity index (χ2n) is 6.23. The minimum Gasteiger partial charge on any atom is -0.468 e. The number of carbonyl (C=O) groups is 1. The molecule has 1 rings (SSSR count). The maximum Gasteiger partial charge on any atom is 0.322 e. The smallest absolute Gasteiger partial charge is 0.322 e. The third-order valence-electron chi connectivity index (χ3n) is 3.05. The van der Waals surface area contributed by atoms with E-state index in [9.17, 15) is 4.79 Å². The third-order valence-corrected chi connectivity index (χ3v) is 3.05. The summed E-state index contributed by atoms with van der Waals surface area (Å²) in [6, 6.07) is 0.292. The summed E-state index contributed by atoms with van der Waals surface area (Å²) in [6.07, 6.45) is 4.05. The molecule has 1 aliphatic rings. The van der Waals surface area contributed by atoms with Crippen molar-refractivity contribution in [1.29, 1.82) is 0 Å². The number of ether oxygens (including phenoxy) is 2. The second kappa shape index (κ2) is 7.10. The minimum absolute atomic E-state index is 0.179. The highest BCUT2D eigenvalue weighted by atomic mass is 16.5. The van der Waals surface area contributed by atoms with Gasteiger partial charge in [0.15, 0.2) is 0 Å². The van der Waals surface area contributed by atoms with Crippen LogP contribution in [0.2, 0.25) is 0 Å². The molecule has 18 heavy (non-hydrogen) atoms. The van der Waals surface area contributed by atoms with Crippen LogP contribution in [0, 0.1) is 5.41 Å². The van der Waals surface area contributed by atoms with Crippen molar-refractivity contribution in [3.63, 3.8) is 0 Å². The number of methoxy groups -OCH3 is 1. The highest BCUT2D eigenvalue weighted by Crippen LogP contribution is 2.20. The Morgan fingerprint density at radius 2 is 2.00 bits per heavy atom. The second-order valence-corrected chi connectivity index (χ2v) is 6.23. The van der Waals surface area contributed by atoms with Crippen molar-refractivity contribution >= 4 is 5.97 Å². The molecule has 0 bridgehead atoms. The Morgan fingerprint density at radius 3 is 2.50 bits per heavy atom. The number of hydrogen-bond acceptors (Lipinski definition) is 4. The Bertz CT molecular complexity index is 256. The van der Waals surface area contributed by atoms with E-state index in [2.05, 4.69) is 26.1 Å². The first kappa shape index (κ1) is 15.4. The van der Waals surface area contributed by atoms with Gasteiger partial charge in [-0.1, -0.05) is 20.8 Å². The zero-order chi connectivity index (χ0) is 13.6. The summed E-state index contributed by atoms with van der Waals surface area (Å²) in [6.45, 7) is 7.95. The predicted molar refractivity (Wildman–Crippen MR) is 71.5 cm³/mol. The standard InChI is InChI=1S/C14H27NO3/c1-14(2,3)8-10-18-9-7-12(13(16)17-4)15-11-5-6-11/h11-12,15H,5-10H2,1-4H3. The molecule has 0 saturated heterocycles. The van der Waals surface area contributed by atoms with Gasteiger partial charge in [0, 0.05) is 19.3 Å². The van der Waals surface area contributed by atoms with Crippen LogP contribution in [0.1, 0.15) is 46.5 Å². The Balaban J connectivity index is 2.14. The normalized spacial score (nSPS) is 17.6. The van der Waals surface area contributed by atoms with Crippen molar-refractivity contribution in [3.8, 4) is 0 Å². The van der Waals surface area contributed by atoms with E-state index in [1.54, 1.807) is 0 Å². The average molecular weight is 257 g/mol. The van der Waals surface area contributed by atoms with E-state index in [4.69, 9.17) is 9.47 Å². The highest BCUT2D eigenvalue weighted by molar-refractivity contribution is 5.75. The molecule has 106 valence electrons. The lowest BCUT2D eigenvalue weighted by molar-refractivity contribution is -0.143. The van der Waals surface area contributed by atoms with Gasteiger partial charge in [0.1, 0.15) is 6.04 Å². The van der Waals surface area contributed by atoms with Gasteiger partial charge in [-0.05, 0) is 31.1 Å². The fourth-order valence-electron chi connectivity index (χ4n) is 1.63. The maximum absolute atomic E-state index is 11.6. The van der Waals surface area contributed by atoms with Crippen LogP contribution in [0.25, 0.3) is 0 Å². The summed E-state index contributed by atoms with van der Waals surface area (Å²) in [4.78, 5) is 11.6. The van der Waals surface area contributed by atoms with Crippen molar-refractivity contribution in [2.24, 2.45) is 5.41 Å². The SMILES string of the molecule is COC(=O)C(CCOCCC(C)(C)C)NC1CC1. The van der Waals surface area contributed by atoms with Gasteiger partial charge in [-0.25, -0.2) is 0 Å². The van der Waals surface area contributed by atoms with E-state index in [-0.39, 0.29) is 12.0 Å². The fourth-order valence-corrected chi connectivity index (χ4v) is 1.63. The Kier molecular flexibility index (Phi) is 6.09. The van der Waals surface area contributed by atoms with Crippen LogP contribution in [-0.4, -0.2) is 38.4 Å². The molecular formula is C14H27NO3. The van der Waals surface area contributed by atoms with E-state index >= 15 is 0 Å². The first-order valence-corrected chi connectivity index (χ1v) is 6.84. The van der Waals surface area contributed by atoms with Crippen molar-refractivity contribution < 1.29 is 14.3 Å². The van der Waals surface area contributed by atoms with Gasteiger partial charge in [0.05, 0.1) is 7.11 Å². The maximum atomic E-state index is 11.6. The molecule has 1 saturated carbocycles. The molecule has 1 aliphatic carbocycles. The summed E-state index contributed by atoms with van der Waals surface area (Å²) in [7, 11) is 1.43. The van der Waals surface area contributed by atoms with E-state index in [0.717, 1.165) is 13.0 Å². The molecule has 0 aliphatic heterocycles. The minimum atomic E-state index is -0.211. The van der Waals surface area contributed by atoms with Crippen LogP contribution in [0.3, 0.4) is 0 Å². The fraction of sp³-hybridized carbons (Fsp3) is 0.929. The monoisotopic (exact) mass is 257 g/mol. The zero-order valence-electron chi connectivity index (χ0n) is 12.1. The molecule has 4 nitrogen and oxygen atoms in total. The Morgan fingerprint density at radius 1 is 1.33 bits per heavy atom. The molecule has 1 unspecified atom stereocenters. The lowest BCUT2D eigenvalue weighted by atomic mass is 9.93. The molecule has 0 aromatic heterocycles. The molecule has 1 N–H and O–H groups in total. The molecule has 0 heterocycles. The highest BCUT2D eigenvalue weighted by Gasteiger charge is 2.28. The number of esters is 1. The lowest BCUT2D eigenvalue weighted by Gasteiger charge is -2.19. The van der Waals surface area contributed by atoms with Crippen molar-refractivity contribution in [1.82, 2.24) is 5.32 Å². The van der Waals surface area contributed by atoms with Gasteiger partial charge in [0.2, 0.25) is 0 Å². The molecule has 0 amide bonds. The van der Waals surface area contributed by atoms with Crippen LogP contribution in [0.5, 0.6) is 0 Å². The van der Waals surface area contributed by atoms with E-state index in [0.29, 0.717) is 24.5 Å². The van der Waals surface area contributed by atoms with Gasteiger partial charge in [-0.3, -0.25) is 4.79 Å². The van der Waals surface area contributed by atoms with Gasteiger partial charge in [-0.2, -0.15) is 0 Å². The van der Waals surface area contributed by atoms with Gasteiger partial charge in [-0.15, -0.1) is 0 Å². The molecule has 4 heteroatoms. The number of hydrogen-bond donors (Lipinski definition) is 1. The molecule has 0 spiro atoms. The van der Waals surface area contributed by atoms with E-state index in [1.807, 2.05) is 0 Å². The molecule has 0 aromatic carbocycles. The summed E-state index contributed by atoms with van der Waals surface area (Å²) < 4.78 is 10.4. The molecule has 1 atom stereocenters. The summed E-state index contributed by atoms with van der Waals surface area (Å²) >= 11 is 0. The number of rotatable bonds is 8. The molecular weight excluding hydrogens is 230 g/mol. The summed E-state index contributed by atoms with van der Waals surface area (Å²) in [5.74, 6) is -0.179.